The summed E-state index contributed by atoms with van der Waals surface area (Å²) in [5.74, 6) is 2.76. The van der Waals surface area contributed by atoms with Crippen LogP contribution in [-0.4, -0.2) is 67.8 Å². The highest BCUT2D eigenvalue weighted by Gasteiger charge is 2.09. The molecule has 0 saturated carbocycles. The third-order valence-electron chi connectivity index (χ3n) is 5.20. The molecule has 0 aliphatic heterocycles. The van der Waals surface area contributed by atoms with Crippen LogP contribution in [0.3, 0.4) is 0 Å². The van der Waals surface area contributed by atoms with E-state index in [-0.39, 0.29) is 0 Å². The molecule has 0 spiro atoms. The van der Waals surface area contributed by atoms with Gasteiger partial charge in [0.25, 0.3) is 0 Å². The molecule has 0 saturated heterocycles. The molecular formula is C22H32N10S4. The lowest BCUT2D eigenvalue weighted by atomic mass is 10.3. The van der Waals surface area contributed by atoms with E-state index >= 15 is 0 Å². The Bertz CT molecular complexity index is 1110. The lowest BCUT2D eigenvalue weighted by Gasteiger charge is -2.19. The molecule has 10 nitrogen and oxygen atoms in total. The summed E-state index contributed by atoms with van der Waals surface area (Å²) < 4.78 is 0.880. The van der Waals surface area contributed by atoms with Crippen molar-refractivity contribution in [1.82, 2.24) is 29.9 Å². The molecule has 14 heteroatoms. The molecule has 0 fully saturated rings. The molecule has 0 bridgehead atoms. The zero-order valence-electron chi connectivity index (χ0n) is 20.9. The highest BCUT2D eigenvalue weighted by molar-refractivity contribution is 7.99. The Morgan fingerprint density at radius 2 is 1.03 bits per heavy atom. The molecule has 2 heterocycles. The molecule has 0 aliphatic carbocycles. The van der Waals surface area contributed by atoms with E-state index in [0.29, 0.717) is 31.6 Å². The number of nitrogens with one attached hydrogen (secondary N) is 4. The minimum atomic E-state index is 0.440. The van der Waals surface area contributed by atoms with Crippen molar-refractivity contribution in [3.05, 3.63) is 33.8 Å². The number of aromatic nitrogens is 6. The first-order chi connectivity index (χ1) is 17.4. The van der Waals surface area contributed by atoms with Gasteiger partial charge in [-0.3, -0.25) is 0 Å². The minimum Gasteiger partial charge on any atom is -0.376 e. The van der Waals surface area contributed by atoms with E-state index in [1.54, 1.807) is 0 Å². The zero-order valence-corrected chi connectivity index (χ0v) is 24.1. The van der Waals surface area contributed by atoms with E-state index < -0.39 is 0 Å². The predicted molar refractivity (Wildman–Crippen MR) is 157 cm³/mol. The molecule has 36 heavy (non-hydrogen) atoms. The fourth-order valence-electron chi connectivity index (χ4n) is 3.26. The first-order valence-electron chi connectivity index (χ1n) is 11.8. The molecule has 1 aromatic carbocycles. The van der Waals surface area contributed by atoms with Crippen molar-refractivity contribution in [3.8, 4) is 0 Å². The fraction of sp³-hybridized carbons (Fsp3) is 0.455. The van der Waals surface area contributed by atoms with Gasteiger partial charge < -0.3 is 30.4 Å². The Hall–Kier alpha value is -2.42. The van der Waals surface area contributed by atoms with Crippen molar-refractivity contribution in [2.45, 2.75) is 38.0 Å². The number of rotatable bonds is 14. The quantitative estimate of drug-likeness (QED) is 0.114. The van der Waals surface area contributed by atoms with E-state index in [0.717, 1.165) is 49.5 Å². The Labute approximate surface area is 230 Å². The van der Waals surface area contributed by atoms with Gasteiger partial charge in [-0.05, 0) is 76.4 Å². The first-order valence-corrected chi connectivity index (χ1v) is 14.5. The van der Waals surface area contributed by atoms with E-state index in [4.69, 9.17) is 24.4 Å². The molecule has 3 aromatic rings. The van der Waals surface area contributed by atoms with Crippen LogP contribution in [-0.2, 0) is 0 Å². The lowest BCUT2D eigenvalue weighted by Crippen LogP contribution is -2.24. The van der Waals surface area contributed by atoms with Crippen molar-refractivity contribution in [1.29, 1.82) is 0 Å². The normalized spacial score (nSPS) is 10.8. The van der Waals surface area contributed by atoms with Gasteiger partial charge in [-0.1, -0.05) is 23.5 Å². The van der Waals surface area contributed by atoms with Crippen molar-refractivity contribution >= 4 is 71.2 Å². The van der Waals surface area contributed by atoms with Gasteiger partial charge >= 0.3 is 0 Å². The fourth-order valence-corrected chi connectivity index (χ4v) is 5.08. The number of hydrogen-bond acceptors (Lipinski definition) is 12. The molecule has 3 rings (SSSR count). The second-order valence-electron chi connectivity index (χ2n) is 7.37. The number of hydrogen-bond donors (Lipinski definition) is 4. The second-order valence-corrected chi connectivity index (χ2v) is 10.0. The number of nitrogens with zero attached hydrogens (tertiary/aromatic N) is 6. The van der Waals surface area contributed by atoms with Gasteiger partial charge in [0.2, 0.25) is 21.4 Å². The van der Waals surface area contributed by atoms with Crippen LogP contribution < -0.4 is 20.4 Å². The molecule has 2 aromatic heterocycles. The van der Waals surface area contributed by atoms with Gasteiger partial charge in [-0.2, -0.15) is 19.9 Å². The topological polar surface area (TPSA) is 114 Å². The maximum absolute atomic E-state index is 5.27. The Morgan fingerprint density at radius 3 is 1.36 bits per heavy atom. The highest BCUT2D eigenvalue weighted by atomic mass is 32.2. The molecule has 0 amide bonds. The second kappa shape index (κ2) is 14.4. The van der Waals surface area contributed by atoms with Gasteiger partial charge in [0.15, 0.2) is 10.3 Å². The third-order valence-corrected chi connectivity index (χ3v) is 7.05. The summed E-state index contributed by atoms with van der Waals surface area (Å²) >= 11 is 13.6. The summed E-state index contributed by atoms with van der Waals surface area (Å²) in [6.45, 7) is 11.7. The van der Waals surface area contributed by atoms with Crippen LogP contribution in [0.25, 0.3) is 0 Å². The Morgan fingerprint density at radius 1 is 0.667 bits per heavy atom. The van der Waals surface area contributed by atoms with Crippen LogP contribution in [0.4, 0.5) is 23.3 Å². The van der Waals surface area contributed by atoms with Crippen molar-refractivity contribution < 1.29 is 0 Å². The Balaban J connectivity index is 1.49. The average molecular weight is 565 g/mol. The number of H-pyrrole nitrogens is 2. The van der Waals surface area contributed by atoms with Crippen LogP contribution in [0.5, 0.6) is 0 Å². The van der Waals surface area contributed by atoms with Crippen LogP contribution in [0.15, 0.2) is 34.6 Å². The van der Waals surface area contributed by atoms with E-state index in [2.05, 4.69) is 78.0 Å². The summed E-state index contributed by atoms with van der Waals surface area (Å²) in [5, 5.41) is 8.07. The van der Waals surface area contributed by atoms with Gasteiger partial charge in [-0.25, -0.2) is 0 Å². The average Bonchev–Trinajstić information content (AvgIpc) is 2.86. The highest BCUT2D eigenvalue weighted by Crippen LogP contribution is 2.20. The van der Waals surface area contributed by atoms with Crippen LogP contribution in [0.2, 0.25) is 0 Å². The van der Waals surface area contributed by atoms with E-state index in [9.17, 15) is 0 Å². The summed E-state index contributed by atoms with van der Waals surface area (Å²) in [6, 6.07) is 8.11. The molecule has 4 N–H and O–H groups in total. The number of thioether (sulfide) groups is 2. The molecule has 194 valence electrons. The summed E-state index contributed by atoms with van der Waals surface area (Å²) in [5.41, 5.74) is 2.01. The summed E-state index contributed by atoms with van der Waals surface area (Å²) in [4.78, 5) is 28.2. The monoisotopic (exact) mass is 564 g/mol. The van der Waals surface area contributed by atoms with E-state index in [1.807, 2.05) is 24.3 Å². The molecule has 0 unspecified atom stereocenters. The molecule has 0 aliphatic rings. The zero-order chi connectivity index (χ0) is 25.9. The standard InChI is InChI=1S/C22H32N10S4/c1-5-31(6-2)17-25-19(33)29-21(27-17)35-13-23-15-9-11-16(12-10-15)24-14-36-22-28-18(26-20(34)30-22)32(7-3)8-4/h9-12,23-24H,5-8,13-14H2,1-4H3,(H,25,27,29,33)(H,26,28,30,34). The third kappa shape index (κ3) is 8.32. The maximum atomic E-state index is 5.27. The van der Waals surface area contributed by atoms with Crippen molar-refractivity contribution in [2.24, 2.45) is 0 Å². The number of aromatic amines is 2. The molecular weight excluding hydrogens is 533 g/mol. The van der Waals surface area contributed by atoms with Gasteiger partial charge in [0.05, 0.1) is 11.8 Å². The van der Waals surface area contributed by atoms with Crippen molar-refractivity contribution in [3.63, 3.8) is 0 Å². The summed E-state index contributed by atoms with van der Waals surface area (Å²) in [6.07, 6.45) is 0. The van der Waals surface area contributed by atoms with Gasteiger partial charge in [0.1, 0.15) is 0 Å². The Kier molecular flexibility index (Phi) is 11.2. The smallest absolute Gasteiger partial charge is 0.207 e. The SMILES string of the molecule is CCN(CC)c1nc(SCNc2ccc(NCSc3nc(N(CC)CC)[nH]c(=S)n3)cc2)nc(=S)[nH]1. The molecule has 0 atom stereocenters. The first kappa shape index (κ1) is 28.2. The maximum Gasteiger partial charge on any atom is 0.207 e. The van der Waals surface area contributed by atoms with Crippen LogP contribution in [0, 0.1) is 9.54 Å². The van der Waals surface area contributed by atoms with Crippen molar-refractivity contribution in [2.75, 3.05) is 58.4 Å². The van der Waals surface area contributed by atoms with E-state index in [1.165, 1.54) is 23.5 Å². The predicted octanol–water partition coefficient (Wildman–Crippen LogP) is 5.40. The van der Waals surface area contributed by atoms with Crippen LogP contribution in [0.1, 0.15) is 27.7 Å². The minimum absolute atomic E-state index is 0.440. The van der Waals surface area contributed by atoms with Gasteiger partial charge in [-0.15, -0.1) is 0 Å². The number of benzene rings is 1. The molecule has 0 radical (unpaired) electrons. The number of anilines is 4. The lowest BCUT2D eigenvalue weighted by molar-refractivity contribution is 0.776. The summed E-state index contributed by atoms with van der Waals surface area (Å²) in [7, 11) is 0. The van der Waals surface area contributed by atoms with Crippen LogP contribution >= 0.6 is 48.0 Å². The largest absolute Gasteiger partial charge is 0.376 e. The van der Waals surface area contributed by atoms with Gasteiger partial charge in [0, 0.05) is 37.6 Å².